The summed E-state index contributed by atoms with van der Waals surface area (Å²) in [5.41, 5.74) is 0. The smallest absolute Gasteiger partial charge is 0.306 e. The maximum Gasteiger partial charge on any atom is 0.306 e. The van der Waals surface area contributed by atoms with Gasteiger partial charge in [0.25, 0.3) is 0 Å². The molecular formula is C75H118O6. The Morgan fingerprint density at radius 1 is 0.259 bits per heavy atom. The van der Waals surface area contributed by atoms with Crippen molar-refractivity contribution in [2.45, 2.75) is 271 Å². The molecule has 0 aliphatic heterocycles. The van der Waals surface area contributed by atoms with Crippen molar-refractivity contribution >= 4 is 17.9 Å². The fourth-order valence-corrected chi connectivity index (χ4v) is 8.28. The van der Waals surface area contributed by atoms with Crippen molar-refractivity contribution in [1.82, 2.24) is 0 Å². The van der Waals surface area contributed by atoms with E-state index in [-0.39, 0.29) is 37.5 Å². The minimum atomic E-state index is -0.819. The number of hydrogen-bond acceptors (Lipinski definition) is 6. The molecule has 0 aromatic heterocycles. The number of unbranched alkanes of at least 4 members (excludes halogenated alkanes) is 18. The lowest BCUT2D eigenvalue weighted by Gasteiger charge is -2.18. The minimum absolute atomic E-state index is 0.112. The molecule has 6 nitrogen and oxygen atoms in total. The summed E-state index contributed by atoms with van der Waals surface area (Å²) < 4.78 is 16.8. The van der Waals surface area contributed by atoms with Gasteiger partial charge < -0.3 is 14.2 Å². The molecule has 0 aromatic carbocycles. The van der Waals surface area contributed by atoms with E-state index >= 15 is 0 Å². The van der Waals surface area contributed by atoms with Gasteiger partial charge in [-0.1, -0.05) is 262 Å². The molecule has 454 valence electrons. The third-order valence-electron chi connectivity index (χ3n) is 13.2. The topological polar surface area (TPSA) is 78.9 Å². The van der Waals surface area contributed by atoms with Crippen LogP contribution < -0.4 is 0 Å². The van der Waals surface area contributed by atoms with Crippen LogP contribution in [0, 0.1) is 0 Å². The van der Waals surface area contributed by atoms with E-state index in [0.29, 0.717) is 19.3 Å². The van der Waals surface area contributed by atoms with Crippen molar-refractivity contribution in [2.75, 3.05) is 13.2 Å². The van der Waals surface area contributed by atoms with Crippen LogP contribution in [-0.2, 0) is 28.6 Å². The number of carbonyl (C=O) groups excluding carboxylic acids is 3. The largest absolute Gasteiger partial charge is 0.462 e. The molecule has 0 bridgehead atoms. The number of carbonyl (C=O) groups is 3. The zero-order chi connectivity index (χ0) is 58.5. The lowest BCUT2D eigenvalue weighted by atomic mass is 10.1. The van der Waals surface area contributed by atoms with Crippen molar-refractivity contribution < 1.29 is 28.6 Å². The van der Waals surface area contributed by atoms with Crippen LogP contribution in [0.15, 0.2) is 170 Å². The second-order valence-corrected chi connectivity index (χ2v) is 20.9. The van der Waals surface area contributed by atoms with Crippen LogP contribution >= 0.6 is 0 Å². The molecule has 0 aromatic rings. The molecule has 0 rings (SSSR count). The van der Waals surface area contributed by atoms with Crippen LogP contribution in [0.5, 0.6) is 0 Å². The third-order valence-corrected chi connectivity index (χ3v) is 13.2. The van der Waals surface area contributed by atoms with E-state index in [0.717, 1.165) is 167 Å². The Hall–Kier alpha value is -5.23. The van der Waals surface area contributed by atoms with Crippen molar-refractivity contribution in [2.24, 2.45) is 0 Å². The first-order chi connectivity index (χ1) is 40.0. The van der Waals surface area contributed by atoms with Crippen LogP contribution in [0.4, 0.5) is 0 Å². The summed E-state index contributed by atoms with van der Waals surface area (Å²) in [7, 11) is 0. The Labute approximate surface area is 498 Å². The van der Waals surface area contributed by atoms with E-state index in [1.54, 1.807) is 0 Å². The summed E-state index contributed by atoms with van der Waals surface area (Å²) in [5.74, 6) is -0.989. The molecular weight excluding hydrogens is 997 g/mol. The summed E-state index contributed by atoms with van der Waals surface area (Å²) in [6.07, 6.45) is 99.3. The maximum absolute atomic E-state index is 12.9. The van der Waals surface area contributed by atoms with Crippen LogP contribution in [0.2, 0.25) is 0 Å². The Bertz CT molecular complexity index is 1860. The van der Waals surface area contributed by atoms with Gasteiger partial charge in [0.15, 0.2) is 6.10 Å². The average Bonchev–Trinajstić information content (AvgIpc) is 3.47. The van der Waals surface area contributed by atoms with Gasteiger partial charge in [-0.05, 0) is 154 Å². The summed E-state index contributed by atoms with van der Waals surface area (Å²) in [6, 6.07) is 0. The zero-order valence-corrected chi connectivity index (χ0v) is 52.0. The monoisotopic (exact) mass is 1110 g/mol. The molecule has 0 fully saturated rings. The minimum Gasteiger partial charge on any atom is -0.462 e. The van der Waals surface area contributed by atoms with Crippen LogP contribution in [-0.4, -0.2) is 37.2 Å². The second kappa shape index (κ2) is 67.3. The van der Waals surface area contributed by atoms with Gasteiger partial charge >= 0.3 is 17.9 Å². The number of esters is 3. The summed E-state index contributed by atoms with van der Waals surface area (Å²) in [6.45, 7) is 6.40. The van der Waals surface area contributed by atoms with E-state index in [1.807, 2.05) is 0 Å². The molecule has 0 saturated heterocycles. The highest BCUT2D eigenvalue weighted by atomic mass is 16.6. The Kier molecular flexibility index (Phi) is 62.9. The van der Waals surface area contributed by atoms with Crippen LogP contribution in [0.25, 0.3) is 0 Å². The normalized spacial score (nSPS) is 13.3. The summed E-state index contributed by atoms with van der Waals surface area (Å²) >= 11 is 0. The van der Waals surface area contributed by atoms with Gasteiger partial charge in [0.2, 0.25) is 0 Å². The van der Waals surface area contributed by atoms with Gasteiger partial charge in [-0.3, -0.25) is 14.4 Å². The number of ether oxygens (including phenoxy) is 3. The molecule has 0 aliphatic carbocycles. The molecule has 0 radical (unpaired) electrons. The summed E-state index contributed by atoms with van der Waals surface area (Å²) in [5, 5.41) is 0. The van der Waals surface area contributed by atoms with E-state index in [1.165, 1.54) is 51.4 Å². The Morgan fingerprint density at radius 2 is 0.494 bits per heavy atom. The highest BCUT2D eigenvalue weighted by Crippen LogP contribution is 2.13. The molecule has 6 heteroatoms. The highest BCUT2D eigenvalue weighted by molar-refractivity contribution is 5.71. The highest BCUT2D eigenvalue weighted by Gasteiger charge is 2.19. The van der Waals surface area contributed by atoms with Crippen LogP contribution in [0.1, 0.15) is 265 Å². The first-order valence-corrected chi connectivity index (χ1v) is 32.6. The predicted molar refractivity (Wildman–Crippen MR) is 352 cm³/mol. The predicted octanol–water partition coefficient (Wildman–Crippen LogP) is 22.7. The molecule has 1 unspecified atom stereocenters. The first kappa shape index (κ1) is 75.8. The van der Waals surface area contributed by atoms with Crippen molar-refractivity contribution in [1.29, 1.82) is 0 Å². The molecule has 0 amide bonds. The molecule has 81 heavy (non-hydrogen) atoms. The van der Waals surface area contributed by atoms with Crippen molar-refractivity contribution in [3.63, 3.8) is 0 Å². The average molecular weight is 1120 g/mol. The molecule has 0 heterocycles. The molecule has 1 atom stereocenters. The first-order valence-electron chi connectivity index (χ1n) is 32.6. The molecule has 0 aliphatic rings. The van der Waals surface area contributed by atoms with E-state index in [9.17, 15) is 14.4 Å². The lowest BCUT2D eigenvalue weighted by Crippen LogP contribution is -2.30. The Balaban J connectivity index is 4.43. The van der Waals surface area contributed by atoms with Crippen molar-refractivity contribution in [3.8, 4) is 0 Å². The number of hydrogen-bond donors (Lipinski definition) is 0. The number of allylic oxidation sites excluding steroid dienone is 28. The quantitative estimate of drug-likeness (QED) is 0.0261. The maximum atomic E-state index is 12.9. The van der Waals surface area contributed by atoms with Gasteiger partial charge in [-0.15, -0.1) is 0 Å². The molecule has 0 spiro atoms. The van der Waals surface area contributed by atoms with Gasteiger partial charge in [-0.2, -0.15) is 0 Å². The standard InChI is InChI=1S/C75H118O6/c1-4-7-10-13-16-19-22-25-28-30-31-32-33-34-35-36-37-38-39-40-41-42-43-44-45-46-48-50-53-56-59-62-65-68-74(77)80-71-72(70-79-73(76)67-64-61-58-55-52-49-27-24-21-18-15-12-9-6-3)81-75(78)69-66-63-60-57-54-51-47-29-26-23-20-17-14-11-8-5-2/h7,10,15-16,18-20,23-25,27-29,31-32,34-35,37-38,40-41,43-44,46-48,53,56,72H,4-6,8-9,11-14,17,21-22,26,30,33,36,39,42,45,49-52,54-55,57-71H2,1-3H3/b10-7-,18-15-,19-16-,23-20-,27-24-,28-25-,32-31-,35-34-,38-37-,41-40-,44-43-,47-29-,48-46-,56-53-. The van der Waals surface area contributed by atoms with Crippen LogP contribution in [0.3, 0.4) is 0 Å². The SMILES string of the molecule is CC/C=C\C/C=C\C/C=C\C/C=C\C/C=C\C/C=C\C/C=C\C/C=C\C/C=C\C/C=C\CCCCC(=O)OCC(COC(=O)CCCCCCC/C=C\C/C=C\CCCC)OC(=O)CCCCCCC/C=C\C/C=C\CCCCCC. The van der Waals surface area contributed by atoms with Gasteiger partial charge in [0.1, 0.15) is 13.2 Å². The van der Waals surface area contributed by atoms with Gasteiger partial charge in [0, 0.05) is 19.3 Å². The van der Waals surface area contributed by atoms with Crippen molar-refractivity contribution in [3.05, 3.63) is 170 Å². The fraction of sp³-hybridized carbons (Fsp3) is 0.587. The molecule has 0 saturated carbocycles. The fourth-order valence-electron chi connectivity index (χ4n) is 8.28. The van der Waals surface area contributed by atoms with E-state index in [4.69, 9.17) is 14.2 Å². The lowest BCUT2D eigenvalue weighted by molar-refractivity contribution is -0.167. The van der Waals surface area contributed by atoms with Gasteiger partial charge in [-0.25, -0.2) is 0 Å². The molecule has 0 N–H and O–H groups in total. The third kappa shape index (κ3) is 65.5. The van der Waals surface area contributed by atoms with E-state index < -0.39 is 6.10 Å². The number of rotatable bonds is 57. The Morgan fingerprint density at radius 3 is 0.815 bits per heavy atom. The summed E-state index contributed by atoms with van der Waals surface area (Å²) in [4.78, 5) is 38.3. The van der Waals surface area contributed by atoms with E-state index in [2.05, 4.69) is 191 Å². The van der Waals surface area contributed by atoms with Gasteiger partial charge in [0.05, 0.1) is 0 Å². The zero-order valence-electron chi connectivity index (χ0n) is 52.0. The second-order valence-electron chi connectivity index (χ2n) is 20.9.